The van der Waals surface area contributed by atoms with Crippen molar-refractivity contribution in [1.82, 2.24) is 10.6 Å². The van der Waals surface area contributed by atoms with Crippen molar-refractivity contribution in [1.29, 1.82) is 0 Å². The second-order valence-corrected chi connectivity index (χ2v) is 7.06. The van der Waals surface area contributed by atoms with Crippen molar-refractivity contribution in [3.63, 3.8) is 0 Å². The molecule has 0 saturated carbocycles. The number of carbonyl (C=O) groups excluding carboxylic acids is 1. The molecule has 0 radical (unpaired) electrons. The highest BCUT2D eigenvalue weighted by Crippen LogP contribution is 2.27. The molecule has 3 nitrogen and oxygen atoms in total. The molecule has 0 aromatic heterocycles. The molecule has 3 heteroatoms. The van der Waals surface area contributed by atoms with Crippen LogP contribution in [-0.2, 0) is 4.79 Å². The third-order valence-electron chi connectivity index (χ3n) is 5.00. The summed E-state index contributed by atoms with van der Waals surface area (Å²) in [6, 6.07) is 8.58. The molecule has 1 amide bonds. The average Bonchev–Trinajstić information content (AvgIpc) is 2.52. The summed E-state index contributed by atoms with van der Waals surface area (Å²) in [5.74, 6) is 0.508. The van der Waals surface area contributed by atoms with Crippen molar-refractivity contribution in [3.05, 3.63) is 35.4 Å². The van der Waals surface area contributed by atoms with Gasteiger partial charge in [-0.15, -0.1) is 0 Å². The van der Waals surface area contributed by atoms with Crippen molar-refractivity contribution < 1.29 is 4.79 Å². The fourth-order valence-electron chi connectivity index (χ4n) is 3.15. The Morgan fingerprint density at radius 3 is 2.50 bits per heavy atom. The van der Waals surface area contributed by atoms with Crippen LogP contribution >= 0.6 is 0 Å². The molecule has 0 aliphatic carbocycles. The Morgan fingerprint density at radius 2 is 1.91 bits per heavy atom. The van der Waals surface area contributed by atoms with E-state index in [1.54, 1.807) is 0 Å². The van der Waals surface area contributed by atoms with Crippen LogP contribution in [0, 0.1) is 12.3 Å². The Balaban J connectivity index is 1.85. The quantitative estimate of drug-likeness (QED) is 0.846. The van der Waals surface area contributed by atoms with Crippen molar-refractivity contribution >= 4 is 5.91 Å². The molecule has 1 atom stereocenters. The zero-order chi connectivity index (χ0) is 16.0. The summed E-state index contributed by atoms with van der Waals surface area (Å²) in [7, 11) is 0. The number of benzene rings is 1. The van der Waals surface area contributed by atoms with E-state index in [0.29, 0.717) is 12.3 Å². The van der Waals surface area contributed by atoms with E-state index in [1.807, 2.05) is 0 Å². The number of carbonyl (C=O) groups is 1. The Labute approximate surface area is 134 Å². The van der Waals surface area contributed by atoms with Gasteiger partial charge in [-0.1, -0.05) is 43.7 Å². The minimum atomic E-state index is 0.187. The Morgan fingerprint density at radius 1 is 1.27 bits per heavy atom. The third-order valence-corrected chi connectivity index (χ3v) is 5.00. The number of nitrogens with one attached hydrogen (secondary N) is 2. The molecule has 1 aromatic carbocycles. The number of amides is 1. The highest BCUT2D eigenvalue weighted by atomic mass is 16.1. The molecule has 1 aromatic rings. The maximum atomic E-state index is 12.3. The summed E-state index contributed by atoms with van der Waals surface area (Å²) >= 11 is 0. The lowest BCUT2D eigenvalue weighted by molar-refractivity contribution is -0.122. The molecule has 1 fully saturated rings. The number of aryl methyl sites for hydroxylation is 1. The molecule has 1 unspecified atom stereocenters. The van der Waals surface area contributed by atoms with Gasteiger partial charge in [-0.2, -0.15) is 0 Å². The summed E-state index contributed by atoms with van der Waals surface area (Å²) in [6.45, 7) is 9.47. The van der Waals surface area contributed by atoms with Crippen molar-refractivity contribution in [3.8, 4) is 0 Å². The monoisotopic (exact) mass is 302 g/mol. The lowest BCUT2D eigenvalue weighted by Gasteiger charge is -2.34. The summed E-state index contributed by atoms with van der Waals surface area (Å²) < 4.78 is 0. The van der Waals surface area contributed by atoms with E-state index in [0.717, 1.165) is 38.9 Å². The zero-order valence-corrected chi connectivity index (χ0v) is 14.2. The van der Waals surface area contributed by atoms with Gasteiger partial charge in [-0.3, -0.25) is 4.79 Å². The van der Waals surface area contributed by atoms with Crippen LogP contribution in [0.25, 0.3) is 0 Å². The summed E-state index contributed by atoms with van der Waals surface area (Å²) in [4.78, 5) is 12.3. The van der Waals surface area contributed by atoms with Crippen LogP contribution in [0.3, 0.4) is 0 Å². The molecule has 2 N–H and O–H groups in total. The van der Waals surface area contributed by atoms with Crippen LogP contribution < -0.4 is 10.6 Å². The normalized spacial score (nSPS) is 18.7. The van der Waals surface area contributed by atoms with Crippen LogP contribution in [0.1, 0.15) is 56.6 Å². The average molecular weight is 302 g/mol. The molecule has 122 valence electrons. The van der Waals surface area contributed by atoms with E-state index in [1.165, 1.54) is 11.1 Å². The fraction of sp³-hybridized carbons (Fsp3) is 0.632. The first-order chi connectivity index (χ1) is 10.5. The number of piperidine rings is 1. The summed E-state index contributed by atoms with van der Waals surface area (Å²) in [5.41, 5.74) is 2.80. The van der Waals surface area contributed by atoms with Gasteiger partial charge in [0, 0.05) is 13.0 Å². The molecular weight excluding hydrogens is 272 g/mol. The first-order valence-corrected chi connectivity index (χ1v) is 8.56. The van der Waals surface area contributed by atoms with E-state index in [9.17, 15) is 4.79 Å². The minimum absolute atomic E-state index is 0.187. The molecule has 1 heterocycles. The fourth-order valence-corrected chi connectivity index (χ4v) is 3.15. The van der Waals surface area contributed by atoms with Gasteiger partial charge >= 0.3 is 0 Å². The minimum Gasteiger partial charge on any atom is -0.356 e. The zero-order valence-electron chi connectivity index (χ0n) is 14.2. The van der Waals surface area contributed by atoms with Gasteiger partial charge in [-0.25, -0.2) is 0 Å². The van der Waals surface area contributed by atoms with E-state index in [4.69, 9.17) is 0 Å². The Kier molecular flexibility index (Phi) is 6.01. The second-order valence-electron chi connectivity index (χ2n) is 7.06. The lowest BCUT2D eigenvalue weighted by Crippen LogP contribution is -2.43. The molecule has 1 saturated heterocycles. The van der Waals surface area contributed by atoms with Crippen LogP contribution in [0.15, 0.2) is 24.3 Å². The topological polar surface area (TPSA) is 41.1 Å². The molecule has 1 aliphatic rings. The van der Waals surface area contributed by atoms with Gasteiger partial charge in [0.1, 0.15) is 0 Å². The smallest absolute Gasteiger partial charge is 0.220 e. The molecule has 0 bridgehead atoms. The lowest BCUT2D eigenvalue weighted by atomic mass is 9.81. The second kappa shape index (κ2) is 7.77. The number of rotatable bonds is 6. The van der Waals surface area contributed by atoms with Gasteiger partial charge < -0.3 is 10.6 Å². The molecule has 1 aliphatic heterocycles. The Bertz CT molecular complexity index is 475. The molecular formula is C19H30N2O. The standard InChI is InChI=1S/C19H30N2O/c1-4-16(17-7-5-15(2)6-8-17)13-18(22)21-14-19(3)9-11-20-12-10-19/h5-8,16,20H,4,9-14H2,1-3H3,(H,21,22). The first kappa shape index (κ1) is 17.0. The highest BCUT2D eigenvalue weighted by molar-refractivity contribution is 5.76. The van der Waals surface area contributed by atoms with Crippen molar-refractivity contribution in [2.24, 2.45) is 5.41 Å². The van der Waals surface area contributed by atoms with Crippen LogP contribution in [-0.4, -0.2) is 25.5 Å². The van der Waals surface area contributed by atoms with E-state index >= 15 is 0 Å². The summed E-state index contributed by atoms with van der Waals surface area (Å²) in [6.07, 6.45) is 3.87. The van der Waals surface area contributed by atoms with Crippen LogP contribution in [0.4, 0.5) is 0 Å². The van der Waals surface area contributed by atoms with Gasteiger partial charge in [0.2, 0.25) is 5.91 Å². The van der Waals surface area contributed by atoms with E-state index in [2.05, 4.69) is 55.7 Å². The highest BCUT2D eigenvalue weighted by Gasteiger charge is 2.27. The summed E-state index contributed by atoms with van der Waals surface area (Å²) in [5, 5.41) is 6.55. The number of hydrogen-bond acceptors (Lipinski definition) is 2. The molecule has 0 spiro atoms. The third kappa shape index (κ3) is 4.84. The van der Waals surface area contributed by atoms with Crippen LogP contribution in [0.2, 0.25) is 0 Å². The maximum Gasteiger partial charge on any atom is 0.220 e. The van der Waals surface area contributed by atoms with Gasteiger partial charge in [0.05, 0.1) is 0 Å². The van der Waals surface area contributed by atoms with Crippen LogP contribution in [0.5, 0.6) is 0 Å². The van der Waals surface area contributed by atoms with Crippen molar-refractivity contribution in [2.45, 2.75) is 52.4 Å². The van der Waals surface area contributed by atoms with E-state index in [-0.39, 0.29) is 11.3 Å². The first-order valence-electron chi connectivity index (χ1n) is 8.56. The maximum absolute atomic E-state index is 12.3. The van der Waals surface area contributed by atoms with E-state index < -0.39 is 0 Å². The van der Waals surface area contributed by atoms with Crippen molar-refractivity contribution in [2.75, 3.05) is 19.6 Å². The molecule has 2 rings (SSSR count). The van der Waals surface area contributed by atoms with Gasteiger partial charge in [0.15, 0.2) is 0 Å². The molecule has 22 heavy (non-hydrogen) atoms. The largest absolute Gasteiger partial charge is 0.356 e. The van der Waals surface area contributed by atoms with Gasteiger partial charge in [-0.05, 0) is 56.2 Å². The Hall–Kier alpha value is -1.35. The predicted molar refractivity (Wildman–Crippen MR) is 92.0 cm³/mol. The number of hydrogen-bond donors (Lipinski definition) is 2. The SMILES string of the molecule is CCC(CC(=O)NCC1(C)CCNCC1)c1ccc(C)cc1. The predicted octanol–water partition coefficient (Wildman–Crippen LogP) is 3.38. The van der Waals surface area contributed by atoms with Gasteiger partial charge in [0.25, 0.3) is 0 Å².